The van der Waals surface area contributed by atoms with E-state index in [1.165, 1.54) is 12.8 Å². The van der Waals surface area contributed by atoms with Crippen LogP contribution in [0.2, 0.25) is 0 Å². The zero-order valence-electron chi connectivity index (χ0n) is 12.2. The molecule has 2 unspecified atom stereocenters. The summed E-state index contributed by atoms with van der Waals surface area (Å²) in [6.07, 6.45) is 2.69. The molecule has 2 atom stereocenters. The molecule has 0 radical (unpaired) electrons. The topological polar surface area (TPSA) is 0 Å². The average Bonchev–Trinajstić information content (AvgIpc) is 2.11. The smallest absolute Gasteiger partial charge is 0.0295 e. The normalized spacial score (nSPS) is 17.2. The Morgan fingerprint density at radius 3 is 1.60 bits per heavy atom. The maximum absolute atomic E-state index is 2.47. The van der Waals surface area contributed by atoms with Crippen molar-refractivity contribution < 1.29 is 0 Å². The van der Waals surface area contributed by atoms with Gasteiger partial charge < -0.3 is 0 Å². The number of hydrogen-bond acceptors (Lipinski definition) is 0. The molecule has 0 aromatic rings. The first-order valence-corrected chi connectivity index (χ1v) is 6.75. The van der Waals surface area contributed by atoms with E-state index in [9.17, 15) is 0 Å². The van der Waals surface area contributed by atoms with Crippen molar-refractivity contribution in [2.24, 2.45) is 29.1 Å². The quantitative estimate of drug-likeness (QED) is 0.554. The Balaban J connectivity index is 4.76. The third kappa shape index (κ3) is 3.81. The Hall–Kier alpha value is 0. The Bertz CT molecular complexity index is 165. The summed E-state index contributed by atoms with van der Waals surface area (Å²) >= 11 is 0. The first-order chi connectivity index (χ1) is 6.75. The van der Waals surface area contributed by atoms with Gasteiger partial charge in [0, 0.05) is 0 Å². The molecule has 0 amide bonds. The predicted octanol–water partition coefficient (Wildman–Crippen LogP) is 5.38. The summed E-state index contributed by atoms with van der Waals surface area (Å²) in [7, 11) is 0. The minimum atomic E-state index is 0.471. The Kier molecular flexibility index (Phi) is 5.92. The molecule has 15 heavy (non-hydrogen) atoms. The number of hydrogen-bond donors (Lipinski definition) is 0. The van der Waals surface area contributed by atoms with E-state index in [2.05, 4.69) is 55.4 Å². The summed E-state index contributed by atoms with van der Waals surface area (Å²) in [5.74, 6) is 3.26. The molecule has 0 aromatic heterocycles. The highest BCUT2D eigenvalue weighted by Gasteiger charge is 2.36. The molecule has 0 spiro atoms. The van der Waals surface area contributed by atoms with Gasteiger partial charge in [-0.05, 0) is 35.5 Å². The monoisotopic (exact) mass is 212 g/mol. The molecular weight excluding hydrogens is 180 g/mol. The van der Waals surface area contributed by atoms with Crippen molar-refractivity contribution in [1.29, 1.82) is 0 Å². The van der Waals surface area contributed by atoms with E-state index >= 15 is 0 Å². The standard InChI is InChI=1S/C15H32/c1-9-10-14(12(4)5)15(7,8)13(6)11(2)3/h11-14H,9-10H2,1-8H3. The minimum absolute atomic E-state index is 0.471. The lowest BCUT2D eigenvalue weighted by Crippen LogP contribution is -2.36. The zero-order chi connectivity index (χ0) is 12.2. The van der Waals surface area contributed by atoms with Gasteiger partial charge in [-0.3, -0.25) is 0 Å². The van der Waals surface area contributed by atoms with Crippen LogP contribution in [-0.2, 0) is 0 Å². The molecule has 0 heteroatoms. The van der Waals surface area contributed by atoms with Gasteiger partial charge in [0.15, 0.2) is 0 Å². The second kappa shape index (κ2) is 5.92. The van der Waals surface area contributed by atoms with Crippen molar-refractivity contribution in [2.75, 3.05) is 0 Å². The molecule has 0 aliphatic rings. The van der Waals surface area contributed by atoms with Crippen LogP contribution in [-0.4, -0.2) is 0 Å². The van der Waals surface area contributed by atoms with E-state index in [-0.39, 0.29) is 0 Å². The highest BCUT2D eigenvalue weighted by Crippen LogP contribution is 2.44. The molecule has 0 nitrogen and oxygen atoms in total. The summed E-state index contributed by atoms with van der Waals surface area (Å²) in [6, 6.07) is 0. The van der Waals surface area contributed by atoms with Crippen LogP contribution < -0.4 is 0 Å². The highest BCUT2D eigenvalue weighted by atomic mass is 14.4. The van der Waals surface area contributed by atoms with Crippen LogP contribution in [0.5, 0.6) is 0 Å². The van der Waals surface area contributed by atoms with Crippen LogP contribution in [0.1, 0.15) is 68.2 Å². The summed E-state index contributed by atoms with van der Waals surface area (Å²) in [6.45, 7) is 19.2. The van der Waals surface area contributed by atoms with Crippen LogP contribution >= 0.6 is 0 Å². The lowest BCUT2D eigenvalue weighted by molar-refractivity contribution is 0.0546. The Morgan fingerprint density at radius 1 is 0.867 bits per heavy atom. The maximum Gasteiger partial charge on any atom is -0.0295 e. The lowest BCUT2D eigenvalue weighted by Gasteiger charge is -2.44. The average molecular weight is 212 g/mol. The largest absolute Gasteiger partial charge is 0.0654 e. The van der Waals surface area contributed by atoms with Gasteiger partial charge in [-0.15, -0.1) is 0 Å². The molecule has 0 bridgehead atoms. The van der Waals surface area contributed by atoms with Crippen LogP contribution in [0.3, 0.4) is 0 Å². The molecule has 0 saturated heterocycles. The van der Waals surface area contributed by atoms with E-state index in [0.29, 0.717) is 5.41 Å². The first-order valence-electron chi connectivity index (χ1n) is 6.75. The maximum atomic E-state index is 2.47. The molecule has 0 aliphatic heterocycles. The Morgan fingerprint density at radius 2 is 1.33 bits per heavy atom. The minimum Gasteiger partial charge on any atom is -0.0654 e. The second-order valence-electron chi connectivity index (χ2n) is 6.49. The highest BCUT2D eigenvalue weighted by molar-refractivity contribution is 4.85. The van der Waals surface area contributed by atoms with Gasteiger partial charge in [0.05, 0.1) is 0 Å². The van der Waals surface area contributed by atoms with Crippen molar-refractivity contribution in [3.63, 3.8) is 0 Å². The SMILES string of the molecule is CCCC(C(C)C)C(C)(C)C(C)C(C)C. The van der Waals surface area contributed by atoms with Crippen LogP contribution in [0, 0.1) is 29.1 Å². The zero-order valence-corrected chi connectivity index (χ0v) is 12.2. The van der Waals surface area contributed by atoms with E-state index in [1.807, 2.05) is 0 Å². The van der Waals surface area contributed by atoms with Gasteiger partial charge in [0.2, 0.25) is 0 Å². The Labute approximate surface area is 97.8 Å². The van der Waals surface area contributed by atoms with Gasteiger partial charge in [0.25, 0.3) is 0 Å². The summed E-state index contributed by atoms with van der Waals surface area (Å²) in [5.41, 5.74) is 0.471. The van der Waals surface area contributed by atoms with Crippen molar-refractivity contribution in [3.8, 4) is 0 Å². The molecule has 92 valence electrons. The van der Waals surface area contributed by atoms with Crippen LogP contribution in [0.4, 0.5) is 0 Å². The molecule has 0 N–H and O–H groups in total. The van der Waals surface area contributed by atoms with Crippen molar-refractivity contribution in [3.05, 3.63) is 0 Å². The molecule has 0 aliphatic carbocycles. The van der Waals surface area contributed by atoms with Crippen LogP contribution in [0.25, 0.3) is 0 Å². The number of rotatable bonds is 6. The fourth-order valence-electron chi connectivity index (χ4n) is 3.07. The van der Waals surface area contributed by atoms with Crippen molar-refractivity contribution >= 4 is 0 Å². The van der Waals surface area contributed by atoms with Gasteiger partial charge in [-0.1, -0.05) is 61.8 Å². The van der Waals surface area contributed by atoms with E-state index in [4.69, 9.17) is 0 Å². The van der Waals surface area contributed by atoms with Gasteiger partial charge >= 0.3 is 0 Å². The molecule has 0 heterocycles. The molecule has 0 rings (SSSR count). The van der Waals surface area contributed by atoms with Gasteiger partial charge in [-0.2, -0.15) is 0 Å². The molecule has 0 aromatic carbocycles. The van der Waals surface area contributed by atoms with Crippen LogP contribution in [0.15, 0.2) is 0 Å². The summed E-state index contributed by atoms with van der Waals surface area (Å²) in [5, 5.41) is 0. The van der Waals surface area contributed by atoms with E-state index in [0.717, 1.165) is 23.7 Å². The van der Waals surface area contributed by atoms with E-state index < -0.39 is 0 Å². The molecule has 0 fully saturated rings. The lowest BCUT2D eigenvalue weighted by atomic mass is 9.62. The van der Waals surface area contributed by atoms with Crippen molar-refractivity contribution in [2.45, 2.75) is 68.2 Å². The fraction of sp³-hybridized carbons (Fsp3) is 1.00. The van der Waals surface area contributed by atoms with Gasteiger partial charge in [0.1, 0.15) is 0 Å². The third-order valence-corrected chi connectivity index (χ3v) is 4.53. The summed E-state index contributed by atoms with van der Waals surface area (Å²) in [4.78, 5) is 0. The fourth-order valence-corrected chi connectivity index (χ4v) is 3.07. The first kappa shape index (κ1) is 15.0. The third-order valence-electron chi connectivity index (χ3n) is 4.53. The second-order valence-corrected chi connectivity index (χ2v) is 6.49. The molecule has 0 saturated carbocycles. The predicted molar refractivity (Wildman–Crippen MR) is 71.0 cm³/mol. The molecular formula is C15H32. The van der Waals surface area contributed by atoms with Crippen molar-refractivity contribution in [1.82, 2.24) is 0 Å². The van der Waals surface area contributed by atoms with Gasteiger partial charge in [-0.25, -0.2) is 0 Å². The summed E-state index contributed by atoms with van der Waals surface area (Å²) < 4.78 is 0. The van der Waals surface area contributed by atoms with E-state index in [1.54, 1.807) is 0 Å².